The molecule has 1 saturated heterocycles. The van der Waals surface area contributed by atoms with Crippen molar-refractivity contribution in [3.8, 4) is 17.2 Å². The molecule has 0 aliphatic carbocycles. The van der Waals surface area contributed by atoms with Gasteiger partial charge in [0.2, 0.25) is 0 Å². The second-order valence-electron chi connectivity index (χ2n) is 6.07. The summed E-state index contributed by atoms with van der Waals surface area (Å²) in [5, 5.41) is 6.24. The van der Waals surface area contributed by atoms with Crippen LogP contribution in [0.3, 0.4) is 0 Å². The SMILES string of the molecule is COc1ccc(C)cc1NC1NC(=O)/C(=C/c2cc(Br)c(OC)c(OC)c2)S1. The number of nitrogens with one attached hydrogen (secondary N) is 2. The Morgan fingerprint density at radius 2 is 1.86 bits per heavy atom. The van der Waals surface area contributed by atoms with Crippen LogP contribution < -0.4 is 24.8 Å². The number of halogens is 1. The summed E-state index contributed by atoms with van der Waals surface area (Å²) in [7, 11) is 4.78. The van der Waals surface area contributed by atoms with E-state index in [-0.39, 0.29) is 11.4 Å². The lowest BCUT2D eigenvalue weighted by molar-refractivity contribution is -0.116. The Bertz CT molecular complexity index is 933. The number of carbonyl (C=O) groups is 1. The highest BCUT2D eigenvalue weighted by molar-refractivity contribution is 9.10. The first kappa shape index (κ1) is 20.4. The maximum Gasteiger partial charge on any atom is 0.260 e. The smallest absolute Gasteiger partial charge is 0.260 e. The van der Waals surface area contributed by atoms with Gasteiger partial charge >= 0.3 is 0 Å². The van der Waals surface area contributed by atoms with Gasteiger partial charge in [0.1, 0.15) is 5.75 Å². The van der Waals surface area contributed by atoms with Gasteiger partial charge in [0.25, 0.3) is 5.91 Å². The third-order valence-corrected chi connectivity index (χ3v) is 5.74. The normalized spacial score (nSPS) is 17.4. The second-order valence-corrected chi connectivity index (χ2v) is 8.07. The molecule has 0 aromatic heterocycles. The lowest BCUT2D eigenvalue weighted by Crippen LogP contribution is -2.31. The molecule has 1 atom stereocenters. The Hall–Kier alpha value is -2.32. The van der Waals surface area contributed by atoms with Crippen molar-refractivity contribution in [1.29, 1.82) is 0 Å². The number of rotatable bonds is 6. The number of thioether (sulfide) groups is 1. The zero-order valence-electron chi connectivity index (χ0n) is 16.0. The average molecular weight is 465 g/mol. The first-order valence-corrected chi connectivity index (χ1v) is 10.1. The largest absolute Gasteiger partial charge is 0.495 e. The Kier molecular flexibility index (Phi) is 6.41. The molecular weight excluding hydrogens is 444 g/mol. The summed E-state index contributed by atoms with van der Waals surface area (Å²) in [5.74, 6) is 1.78. The fourth-order valence-electron chi connectivity index (χ4n) is 2.81. The quantitative estimate of drug-likeness (QED) is 0.618. The molecule has 2 aromatic rings. The van der Waals surface area contributed by atoms with E-state index in [1.54, 1.807) is 21.3 Å². The summed E-state index contributed by atoms with van der Waals surface area (Å²) in [5.41, 5.74) is 2.47. The Balaban J connectivity index is 1.82. The van der Waals surface area contributed by atoms with Gasteiger partial charge in [-0.05, 0) is 64.3 Å². The van der Waals surface area contributed by atoms with E-state index >= 15 is 0 Å². The third kappa shape index (κ3) is 4.39. The molecule has 1 unspecified atom stereocenters. The van der Waals surface area contributed by atoms with Crippen LogP contribution in [-0.4, -0.2) is 32.7 Å². The monoisotopic (exact) mass is 464 g/mol. The Morgan fingerprint density at radius 3 is 2.54 bits per heavy atom. The lowest BCUT2D eigenvalue weighted by atomic mass is 10.2. The summed E-state index contributed by atoms with van der Waals surface area (Å²) in [6.45, 7) is 2.01. The summed E-state index contributed by atoms with van der Waals surface area (Å²) in [4.78, 5) is 13.0. The second kappa shape index (κ2) is 8.79. The number of anilines is 1. The molecule has 2 aromatic carbocycles. The van der Waals surface area contributed by atoms with E-state index in [2.05, 4.69) is 26.6 Å². The number of amides is 1. The van der Waals surface area contributed by atoms with Crippen LogP contribution in [-0.2, 0) is 4.79 Å². The maximum atomic E-state index is 12.4. The molecule has 0 radical (unpaired) electrons. The molecule has 1 fully saturated rings. The van der Waals surface area contributed by atoms with Crippen LogP contribution in [0.4, 0.5) is 5.69 Å². The van der Waals surface area contributed by atoms with Gasteiger partial charge in [0.05, 0.1) is 36.4 Å². The van der Waals surface area contributed by atoms with Crippen LogP contribution >= 0.6 is 27.7 Å². The molecule has 0 spiro atoms. The zero-order valence-corrected chi connectivity index (χ0v) is 18.4. The molecule has 148 valence electrons. The highest BCUT2D eigenvalue weighted by Crippen LogP contribution is 2.38. The minimum Gasteiger partial charge on any atom is -0.495 e. The van der Waals surface area contributed by atoms with Crippen LogP contribution in [0.15, 0.2) is 39.7 Å². The van der Waals surface area contributed by atoms with Crippen LogP contribution in [0.2, 0.25) is 0 Å². The fraction of sp³-hybridized carbons (Fsp3) is 0.250. The summed E-state index contributed by atoms with van der Waals surface area (Å²) < 4.78 is 16.8. The van der Waals surface area contributed by atoms with Gasteiger partial charge in [-0.25, -0.2) is 0 Å². The first-order valence-electron chi connectivity index (χ1n) is 8.47. The van der Waals surface area contributed by atoms with E-state index in [9.17, 15) is 4.79 Å². The van der Waals surface area contributed by atoms with Crippen molar-refractivity contribution in [1.82, 2.24) is 5.32 Å². The van der Waals surface area contributed by atoms with Crippen LogP contribution in [0.1, 0.15) is 11.1 Å². The highest BCUT2D eigenvalue weighted by atomic mass is 79.9. The zero-order chi connectivity index (χ0) is 20.3. The number of carbonyl (C=O) groups excluding carboxylic acids is 1. The molecular formula is C20H21BrN2O4S. The molecule has 1 aliphatic rings. The van der Waals surface area contributed by atoms with E-state index in [0.717, 1.165) is 27.0 Å². The van der Waals surface area contributed by atoms with Gasteiger partial charge in [-0.1, -0.05) is 17.8 Å². The molecule has 1 aliphatic heterocycles. The van der Waals surface area contributed by atoms with Gasteiger partial charge < -0.3 is 24.8 Å². The van der Waals surface area contributed by atoms with Gasteiger partial charge in [-0.3, -0.25) is 4.79 Å². The number of ether oxygens (including phenoxy) is 3. The summed E-state index contributed by atoms with van der Waals surface area (Å²) in [6.07, 6.45) is 1.82. The standard InChI is InChI=1S/C20H21BrN2O4S/c1-11-5-6-15(25-2)14(7-11)22-20-23-19(24)17(28-20)10-12-8-13(21)18(27-4)16(9-12)26-3/h5-10,20,22H,1-4H3,(H,23,24)/b17-10-. The van der Waals surface area contributed by atoms with Gasteiger partial charge in [0, 0.05) is 0 Å². The number of aryl methyl sites for hydroxylation is 1. The minimum absolute atomic E-state index is 0.139. The Labute approximate surface area is 176 Å². The number of hydrogen-bond acceptors (Lipinski definition) is 6. The van der Waals surface area contributed by atoms with Crippen molar-refractivity contribution in [3.63, 3.8) is 0 Å². The van der Waals surface area contributed by atoms with Crippen molar-refractivity contribution in [3.05, 3.63) is 50.8 Å². The van der Waals surface area contributed by atoms with E-state index in [0.29, 0.717) is 16.4 Å². The first-order chi connectivity index (χ1) is 13.4. The number of methoxy groups -OCH3 is 3. The van der Waals surface area contributed by atoms with Gasteiger partial charge in [-0.2, -0.15) is 0 Å². The van der Waals surface area contributed by atoms with E-state index in [4.69, 9.17) is 14.2 Å². The number of benzene rings is 2. The molecule has 2 N–H and O–H groups in total. The van der Waals surface area contributed by atoms with E-state index in [1.165, 1.54) is 11.8 Å². The van der Waals surface area contributed by atoms with Crippen LogP contribution in [0.25, 0.3) is 6.08 Å². The fourth-order valence-corrected chi connectivity index (χ4v) is 4.41. The summed E-state index contributed by atoms with van der Waals surface area (Å²) in [6, 6.07) is 9.57. The molecule has 6 nitrogen and oxygen atoms in total. The lowest BCUT2D eigenvalue weighted by Gasteiger charge is -2.16. The molecule has 0 saturated carbocycles. The van der Waals surface area contributed by atoms with Crippen molar-refractivity contribution >= 4 is 45.4 Å². The topological polar surface area (TPSA) is 68.8 Å². The average Bonchev–Trinajstić information content (AvgIpc) is 3.00. The van der Waals surface area contributed by atoms with Crippen molar-refractivity contribution in [2.45, 2.75) is 12.4 Å². The third-order valence-electron chi connectivity index (χ3n) is 4.13. The van der Waals surface area contributed by atoms with E-state index < -0.39 is 0 Å². The highest BCUT2D eigenvalue weighted by Gasteiger charge is 2.28. The Morgan fingerprint density at radius 1 is 1.11 bits per heavy atom. The molecule has 28 heavy (non-hydrogen) atoms. The predicted octanol–water partition coefficient (Wildman–Crippen LogP) is 4.38. The van der Waals surface area contributed by atoms with Crippen LogP contribution in [0, 0.1) is 6.92 Å². The van der Waals surface area contributed by atoms with Gasteiger partial charge in [-0.15, -0.1) is 0 Å². The molecule has 1 heterocycles. The maximum absolute atomic E-state index is 12.4. The number of hydrogen-bond donors (Lipinski definition) is 2. The molecule has 3 rings (SSSR count). The minimum atomic E-state index is -0.293. The van der Waals surface area contributed by atoms with E-state index in [1.807, 2.05) is 43.3 Å². The molecule has 8 heteroatoms. The molecule has 0 bridgehead atoms. The van der Waals surface area contributed by atoms with Crippen molar-refractivity contribution < 1.29 is 19.0 Å². The molecule has 1 amide bonds. The predicted molar refractivity (Wildman–Crippen MR) is 116 cm³/mol. The van der Waals surface area contributed by atoms with Gasteiger partial charge in [0.15, 0.2) is 17.0 Å². The summed E-state index contributed by atoms with van der Waals surface area (Å²) >= 11 is 4.88. The van der Waals surface area contributed by atoms with Crippen LogP contribution in [0.5, 0.6) is 17.2 Å². The van der Waals surface area contributed by atoms with Crippen molar-refractivity contribution in [2.24, 2.45) is 0 Å². The van der Waals surface area contributed by atoms with Crippen molar-refractivity contribution in [2.75, 3.05) is 26.6 Å².